The summed E-state index contributed by atoms with van der Waals surface area (Å²) in [6.45, 7) is 4.71. The molecule has 0 nitrogen and oxygen atoms in total. The first-order chi connectivity index (χ1) is 6.74. The maximum absolute atomic E-state index is 3.52. The maximum atomic E-state index is 3.52. The van der Waals surface area contributed by atoms with Crippen LogP contribution in [0.3, 0.4) is 0 Å². The number of allylic oxidation sites excluding steroid dienone is 3. The molecule has 0 aromatic carbocycles. The molecule has 0 amide bonds. The fourth-order valence-electron chi connectivity index (χ4n) is 3.27. The van der Waals surface area contributed by atoms with Crippen LogP contribution in [0.5, 0.6) is 0 Å². The summed E-state index contributed by atoms with van der Waals surface area (Å²) in [7, 11) is 0. The van der Waals surface area contributed by atoms with Gasteiger partial charge in [-0.05, 0) is 43.0 Å². The minimum absolute atomic E-state index is 0.562. The highest BCUT2D eigenvalue weighted by Crippen LogP contribution is 2.57. The van der Waals surface area contributed by atoms with Gasteiger partial charge in [0, 0.05) is 5.41 Å². The van der Waals surface area contributed by atoms with Gasteiger partial charge in [-0.2, -0.15) is 0 Å². The van der Waals surface area contributed by atoms with Crippen molar-refractivity contribution in [3.63, 3.8) is 0 Å². The molecule has 2 aliphatic rings. The Balaban J connectivity index is 2.25. The van der Waals surface area contributed by atoms with Crippen LogP contribution >= 0.6 is 15.9 Å². The lowest BCUT2D eigenvalue weighted by atomic mass is 9.54. The van der Waals surface area contributed by atoms with Crippen LogP contribution < -0.4 is 0 Å². The van der Waals surface area contributed by atoms with Gasteiger partial charge in [0.25, 0.3) is 0 Å². The lowest BCUT2D eigenvalue weighted by Crippen LogP contribution is -2.39. The lowest BCUT2D eigenvalue weighted by Gasteiger charge is -2.50. The summed E-state index contributed by atoms with van der Waals surface area (Å²) in [5, 5.41) is 0. The molecule has 1 spiro atoms. The van der Waals surface area contributed by atoms with Crippen molar-refractivity contribution in [1.29, 1.82) is 0 Å². The van der Waals surface area contributed by atoms with Gasteiger partial charge in [0.15, 0.2) is 0 Å². The summed E-state index contributed by atoms with van der Waals surface area (Å²) in [4.78, 5) is 2.17. The zero-order chi connectivity index (χ0) is 10.2. The van der Waals surface area contributed by atoms with Gasteiger partial charge < -0.3 is 0 Å². The Morgan fingerprint density at radius 3 is 2.93 bits per heavy atom. The van der Waals surface area contributed by atoms with E-state index in [2.05, 4.69) is 40.8 Å². The van der Waals surface area contributed by atoms with Crippen LogP contribution in [0.1, 0.15) is 46.0 Å². The van der Waals surface area contributed by atoms with Gasteiger partial charge in [0.1, 0.15) is 0 Å². The van der Waals surface area contributed by atoms with Crippen molar-refractivity contribution in [2.45, 2.75) is 46.0 Å². The average molecular weight is 255 g/mol. The van der Waals surface area contributed by atoms with E-state index >= 15 is 0 Å². The molecule has 0 saturated heterocycles. The largest absolute Gasteiger partial charge is 0.0839 e. The first-order valence-electron chi connectivity index (χ1n) is 5.73. The summed E-state index contributed by atoms with van der Waals surface area (Å²) >= 11 is 3.52. The van der Waals surface area contributed by atoms with Crippen LogP contribution in [0.25, 0.3) is 0 Å². The molecule has 2 aliphatic carbocycles. The molecule has 1 saturated carbocycles. The molecule has 0 aromatic heterocycles. The Kier molecular flexibility index (Phi) is 2.88. The van der Waals surface area contributed by atoms with E-state index < -0.39 is 0 Å². The van der Waals surface area contributed by atoms with Crippen molar-refractivity contribution in [3.8, 4) is 0 Å². The molecule has 0 heterocycles. The molecule has 14 heavy (non-hydrogen) atoms. The highest BCUT2D eigenvalue weighted by atomic mass is 79.9. The molecular formula is C13H19Br. The van der Waals surface area contributed by atoms with E-state index in [0.717, 1.165) is 5.92 Å². The fraction of sp³-hybridized carbons (Fsp3) is 0.692. The normalized spacial score (nSPS) is 39.8. The third-order valence-electron chi connectivity index (χ3n) is 4.35. The molecule has 0 radical (unpaired) electrons. The predicted octanol–water partition coefficient (Wildman–Crippen LogP) is 4.81. The van der Waals surface area contributed by atoms with E-state index in [9.17, 15) is 0 Å². The minimum Gasteiger partial charge on any atom is -0.0839 e. The van der Waals surface area contributed by atoms with Gasteiger partial charge in [0.2, 0.25) is 0 Å². The number of halogens is 1. The van der Waals surface area contributed by atoms with Gasteiger partial charge in [-0.15, -0.1) is 0 Å². The van der Waals surface area contributed by atoms with Gasteiger partial charge in [-0.25, -0.2) is 0 Å². The zero-order valence-corrected chi connectivity index (χ0v) is 10.7. The van der Waals surface area contributed by atoms with E-state index in [1.807, 2.05) is 0 Å². The fourth-order valence-corrected chi connectivity index (χ4v) is 3.89. The monoisotopic (exact) mass is 254 g/mol. The number of hydrogen-bond acceptors (Lipinski definition) is 0. The standard InChI is InChI=1S/C13H19Br/c1-3-12-6-8-13(12)7-4-5-11(9-14)10(13)2/h6,9-10H,3-5,7-8H2,1-2H3/b11-9+. The molecule has 0 N–H and O–H groups in total. The van der Waals surface area contributed by atoms with Crippen molar-refractivity contribution >= 4 is 15.9 Å². The van der Waals surface area contributed by atoms with Crippen LogP contribution in [0.2, 0.25) is 0 Å². The summed E-state index contributed by atoms with van der Waals surface area (Å²) in [5.41, 5.74) is 3.90. The van der Waals surface area contributed by atoms with Crippen LogP contribution in [0, 0.1) is 11.3 Å². The summed E-state index contributed by atoms with van der Waals surface area (Å²) in [5.74, 6) is 0.760. The Labute approximate surface area is 95.6 Å². The van der Waals surface area contributed by atoms with E-state index in [1.54, 1.807) is 11.1 Å². The summed E-state index contributed by atoms with van der Waals surface area (Å²) in [6.07, 6.45) is 9.11. The molecule has 1 fully saturated rings. The summed E-state index contributed by atoms with van der Waals surface area (Å²) < 4.78 is 0. The lowest BCUT2D eigenvalue weighted by molar-refractivity contribution is 0.171. The SMILES string of the molecule is CCC1=CCC12CCC/C(=C\Br)C2C. The van der Waals surface area contributed by atoms with Crippen LogP contribution in [0.15, 0.2) is 22.2 Å². The number of rotatable bonds is 1. The molecule has 2 unspecified atom stereocenters. The van der Waals surface area contributed by atoms with Crippen molar-refractivity contribution in [2.75, 3.05) is 0 Å². The van der Waals surface area contributed by atoms with Crippen LogP contribution in [0.4, 0.5) is 0 Å². The van der Waals surface area contributed by atoms with Crippen molar-refractivity contribution in [2.24, 2.45) is 11.3 Å². The smallest absolute Gasteiger partial charge is 0.000944 e. The van der Waals surface area contributed by atoms with Crippen molar-refractivity contribution < 1.29 is 0 Å². The molecular weight excluding hydrogens is 236 g/mol. The Morgan fingerprint density at radius 1 is 1.64 bits per heavy atom. The average Bonchev–Trinajstić information content (AvgIpc) is 2.17. The molecule has 0 bridgehead atoms. The first kappa shape index (κ1) is 10.5. The van der Waals surface area contributed by atoms with Crippen molar-refractivity contribution in [1.82, 2.24) is 0 Å². The van der Waals surface area contributed by atoms with Gasteiger partial charge in [-0.1, -0.05) is 47.0 Å². The van der Waals surface area contributed by atoms with E-state index in [1.165, 1.54) is 32.1 Å². The number of hydrogen-bond donors (Lipinski definition) is 0. The van der Waals surface area contributed by atoms with E-state index in [-0.39, 0.29) is 0 Å². The van der Waals surface area contributed by atoms with E-state index in [0.29, 0.717) is 5.41 Å². The van der Waals surface area contributed by atoms with Gasteiger partial charge in [0.05, 0.1) is 0 Å². The van der Waals surface area contributed by atoms with Crippen LogP contribution in [-0.4, -0.2) is 0 Å². The highest BCUT2D eigenvalue weighted by Gasteiger charge is 2.45. The zero-order valence-electron chi connectivity index (χ0n) is 9.15. The third-order valence-corrected chi connectivity index (χ3v) is 4.93. The van der Waals surface area contributed by atoms with Gasteiger partial charge in [-0.3, -0.25) is 0 Å². The third kappa shape index (κ3) is 1.32. The van der Waals surface area contributed by atoms with Gasteiger partial charge >= 0.3 is 0 Å². The quantitative estimate of drug-likeness (QED) is 0.590. The second-order valence-corrected chi connectivity index (χ2v) is 5.16. The molecule has 2 atom stereocenters. The first-order valence-corrected chi connectivity index (χ1v) is 6.65. The molecule has 78 valence electrons. The molecule has 1 heteroatoms. The minimum atomic E-state index is 0.562. The Hall–Kier alpha value is -0.0400. The van der Waals surface area contributed by atoms with E-state index in [4.69, 9.17) is 0 Å². The second-order valence-electron chi connectivity index (χ2n) is 4.70. The maximum Gasteiger partial charge on any atom is 0.000944 e. The molecule has 0 aliphatic heterocycles. The Bertz CT molecular complexity index is 288. The van der Waals surface area contributed by atoms with Crippen molar-refractivity contribution in [3.05, 3.63) is 22.2 Å². The Morgan fingerprint density at radius 2 is 2.43 bits per heavy atom. The summed E-state index contributed by atoms with van der Waals surface area (Å²) in [6, 6.07) is 0. The molecule has 2 rings (SSSR count). The molecule has 0 aromatic rings. The van der Waals surface area contributed by atoms with Crippen LogP contribution in [-0.2, 0) is 0 Å². The topological polar surface area (TPSA) is 0 Å². The predicted molar refractivity (Wildman–Crippen MR) is 65.4 cm³/mol. The second kappa shape index (κ2) is 3.84. The highest BCUT2D eigenvalue weighted by molar-refractivity contribution is 9.11.